The number of nitrogens with one attached hydrogen (secondary N) is 1. The smallest absolute Gasteiger partial charge is 0.220 e. The maximum absolute atomic E-state index is 13.0. The molecule has 6 N–H and O–H groups in total. The Labute approximate surface area is 332 Å². The molecule has 0 bridgehead atoms. The molecule has 1 saturated heterocycles. The second-order valence-corrected chi connectivity index (χ2v) is 16.6. The molecule has 1 heterocycles. The van der Waals surface area contributed by atoms with Gasteiger partial charge in [0.15, 0.2) is 6.29 Å². The van der Waals surface area contributed by atoms with Crippen molar-refractivity contribution < 1.29 is 39.8 Å². The largest absolute Gasteiger partial charge is 0.394 e. The lowest BCUT2D eigenvalue weighted by Gasteiger charge is -2.40. The van der Waals surface area contributed by atoms with Crippen LogP contribution in [0.4, 0.5) is 0 Å². The second-order valence-electron chi connectivity index (χ2n) is 16.6. The first-order valence-electron chi connectivity index (χ1n) is 23.2. The standard InChI is InChI=1S/C45H89NO8/c1-3-5-7-9-11-13-15-17-19-21-22-24-26-28-30-32-34-39(48)38(37-53-45-44(52)43(51)42(50)40(36-47)54-45)46-41(49)35-33-31-29-27-25-23-20-18-16-14-12-10-8-6-4-2/h38-40,42-45,47-48,50-52H,3-37H2,1-2H3,(H,46,49)/t38-,39+,40+,42-,43?,44?,45+/m0/s1. The summed E-state index contributed by atoms with van der Waals surface area (Å²) in [4.78, 5) is 13.0. The molecule has 1 aliphatic rings. The fourth-order valence-electron chi connectivity index (χ4n) is 7.69. The Balaban J connectivity index is 2.32. The first kappa shape index (κ1) is 51.2. The van der Waals surface area contributed by atoms with Gasteiger partial charge >= 0.3 is 0 Å². The van der Waals surface area contributed by atoms with Crippen molar-refractivity contribution in [2.24, 2.45) is 0 Å². The maximum atomic E-state index is 13.0. The normalized spacial score (nSPS) is 21.4. The molecule has 9 heteroatoms. The number of carbonyl (C=O) groups excluding carboxylic acids is 1. The Morgan fingerprint density at radius 3 is 1.31 bits per heavy atom. The molecule has 1 fully saturated rings. The van der Waals surface area contributed by atoms with Crippen LogP contribution in [-0.2, 0) is 14.3 Å². The summed E-state index contributed by atoms with van der Waals surface area (Å²) in [5.74, 6) is -0.141. The molecule has 1 amide bonds. The van der Waals surface area contributed by atoms with E-state index in [1.807, 2.05) is 0 Å². The molecule has 54 heavy (non-hydrogen) atoms. The molecule has 7 atom stereocenters. The number of aliphatic hydroxyl groups is 5. The minimum atomic E-state index is -1.55. The van der Waals surface area contributed by atoms with E-state index in [1.54, 1.807) is 0 Å². The summed E-state index contributed by atoms with van der Waals surface area (Å²) < 4.78 is 11.3. The summed E-state index contributed by atoms with van der Waals surface area (Å²) in [5, 5.41) is 54.3. The van der Waals surface area contributed by atoms with Crippen LogP contribution in [0, 0.1) is 0 Å². The third-order valence-corrected chi connectivity index (χ3v) is 11.5. The van der Waals surface area contributed by atoms with Crippen LogP contribution < -0.4 is 5.32 Å². The quantitative estimate of drug-likeness (QED) is 0.0339. The molecule has 0 saturated carbocycles. The molecule has 0 aromatic heterocycles. The molecule has 0 spiro atoms. The van der Waals surface area contributed by atoms with Crippen molar-refractivity contribution in [1.82, 2.24) is 5.32 Å². The third-order valence-electron chi connectivity index (χ3n) is 11.5. The van der Waals surface area contributed by atoms with Gasteiger partial charge in [-0.25, -0.2) is 0 Å². The minimum Gasteiger partial charge on any atom is -0.394 e. The molecular weight excluding hydrogens is 682 g/mol. The molecule has 2 unspecified atom stereocenters. The summed E-state index contributed by atoms with van der Waals surface area (Å²) in [5.41, 5.74) is 0. The highest BCUT2D eigenvalue weighted by Crippen LogP contribution is 2.23. The highest BCUT2D eigenvalue weighted by molar-refractivity contribution is 5.76. The summed E-state index contributed by atoms with van der Waals surface area (Å²) in [6.07, 6.45) is 32.4. The zero-order valence-corrected chi connectivity index (χ0v) is 35.3. The molecule has 0 aromatic carbocycles. The van der Waals surface area contributed by atoms with Gasteiger partial charge < -0.3 is 40.3 Å². The first-order valence-corrected chi connectivity index (χ1v) is 23.2. The van der Waals surface area contributed by atoms with Gasteiger partial charge in [0.1, 0.15) is 24.4 Å². The van der Waals surface area contributed by atoms with Crippen molar-refractivity contribution in [3.63, 3.8) is 0 Å². The van der Waals surface area contributed by atoms with E-state index in [4.69, 9.17) is 9.47 Å². The fraction of sp³-hybridized carbons (Fsp3) is 0.978. The van der Waals surface area contributed by atoms with Crippen LogP contribution in [0.3, 0.4) is 0 Å². The molecular formula is C45H89NO8. The lowest BCUT2D eigenvalue weighted by Crippen LogP contribution is -2.60. The zero-order chi connectivity index (χ0) is 39.5. The number of hydrogen-bond donors (Lipinski definition) is 6. The maximum Gasteiger partial charge on any atom is 0.220 e. The Kier molecular flexibility index (Phi) is 34.6. The van der Waals surface area contributed by atoms with Crippen molar-refractivity contribution in [1.29, 1.82) is 0 Å². The lowest BCUT2D eigenvalue weighted by molar-refractivity contribution is -0.302. The molecule has 1 aliphatic heterocycles. The zero-order valence-electron chi connectivity index (χ0n) is 35.3. The number of amides is 1. The summed E-state index contributed by atoms with van der Waals surface area (Å²) >= 11 is 0. The SMILES string of the molecule is CCCCCCCCCCCCCCCCCC[C@@H](O)[C@H](CO[C@@H]1O[C@H](CO)[C@H](O)C(O)C1O)NC(=O)CCCCCCCCCCCCCCCCC. The van der Waals surface area contributed by atoms with E-state index < -0.39 is 49.5 Å². The average molecular weight is 772 g/mol. The van der Waals surface area contributed by atoms with E-state index in [9.17, 15) is 30.3 Å². The number of ether oxygens (including phenoxy) is 2. The van der Waals surface area contributed by atoms with Crippen molar-refractivity contribution >= 4 is 5.91 Å². The molecule has 1 rings (SSSR count). The van der Waals surface area contributed by atoms with E-state index in [0.29, 0.717) is 12.8 Å². The van der Waals surface area contributed by atoms with Gasteiger partial charge in [-0.2, -0.15) is 0 Å². The van der Waals surface area contributed by atoms with Crippen LogP contribution in [0.15, 0.2) is 0 Å². The van der Waals surface area contributed by atoms with E-state index in [0.717, 1.165) is 38.5 Å². The van der Waals surface area contributed by atoms with Gasteiger partial charge in [-0.3, -0.25) is 4.79 Å². The molecule has 0 radical (unpaired) electrons. The Bertz CT molecular complexity index is 817. The van der Waals surface area contributed by atoms with Gasteiger partial charge in [0.2, 0.25) is 5.91 Å². The average Bonchev–Trinajstić information content (AvgIpc) is 3.17. The van der Waals surface area contributed by atoms with E-state index in [1.165, 1.54) is 161 Å². The Morgan fingerprint density at radius 2 is 0.926 bits per heavy atom. The van der Waals surface area contributed by atoms with Crippen molar-refractivity contribution in [2.75, 3.05) is 13.2 Å². The molecule has 0 aromatic rings. The number of rotatable bonds is 39. The van der Waals surface area contributed by atoms with Crippen LogP contribution in [0.5, 0.6) is 0 Å². The lowest BCUT2D eigenvalue weighted by atomic mass is 9.99. The number of hydrogen-bond acceptors (Lipinski definition) is 8. The molecule has 9 nitrogen and oxygen atoms in total. The monoisotopic (exact) mass is 772 g/mol. The van der Waals surface area contributed by atoms with Crippen LogP contribution >= 0.6 is 0 Å². The van der Waals surface area contributed by atoms with E-state index in [2.05, 4.69) is 19.2 Å². The van der Waals surface area contributed by atoms with E-state index in [-0.39, 0.29) is 12.5 Å². The van der Waals surface area contributed by atoms with Crippen molar-refractivity contribution in [3.05, 3.63) is 0 Å². The van der Waals surface area contributed by atoms with Gasteiger partial charge in [0, 0.05) is 6.42 Å². The summed E-state index contributed by atoms with van der Waals surface area (Å²) in [6, 6.07) is -0.711. The summed E-state index contributed by atoms with van der Waals surface area (Å²) in [7, 11) is 0. The predicted molar refractivity (Wildman–Crippen MR) is 221 cm³/mol. The van der Waals surface area contributed by atoms with Gasteiger partial charge in [0.25, 0.3) is 0 Å². The molecule has 322 valence electrons. The van der Waals surface area contributed by atoms with Gasteiger partial charge in [0.05, 0.1) is 25.4 Å². The molecule has 0 aliphatic carbocycles. The van der Waals surface area contributed by atoms with E-state index >= 15 is 0 Å². The van der Waals surface area contributed by atoms with Crippen LogP contribution in [-0.4, -0.2) is 87.5 Å². The van der Waals surface area contributed by atoms with Gasteiger partial charge in [-0.1, -0.05) is 206 Å². The van der Waals surface area contributed by atoms with Gasteiger partial charge in [-0.15, -0.1) is 0 Å². The van der Waals surface area contributed by atoms with Crippen LogP contribution in [0.2, 0.25) is 0 Å². The highest BCUT2D eigenvalue weighted by Gasteiger charge is 2.44. The first-order chi connectivity index (χ1) is 26.3. The van der Waals surface area contributed by atoms with Gasteiger partial charge in [-0.05, 0) is 12.8 Å². The Hall–Kier alpha value is -0.810. The fourth-order valence-corrected chi connectivity index (χ4v) is 7.69. The topological polar surface area (TPSA) is 149 Å². The Morgan fingerprint density at radius 1 is 0.556 bits per heavy atom. The number of carbonyl (C=O) groups is 1. The van der Waals surface area contributed by atoms with Crippen LogP contribution in [0.1, 0.15) is 226 Å². The van der Waals surface area contributed by atoms with Crippen LogP contribution in [0.25, 0.3) is 0 Å². The second kappa shape index (κ2) is 36.5. The summed E-state index contributed by atoms with van der Waals surface area (Å²) in [6.45, 7) is 3.85. The van der Waals surface area contributed by atoms with Crippen molar-refractivity contribution in [2.45, 2.75) is 269 Å². The van der Waals surface area contributed by atoms with Crippen molar-refractivity contribution in [3.8, 4) is 0 Å². The third kappa shape index (κ3) is 26.9. The number of aliphatic hydroxyl groups excluding tert-OH is 5. The number of unbranched alkanes of at least 4 members (excludes halogenated alkanes) is 29. The predicted octanol–water partition coefficient (Wildman–Crippen LogP) is 9.56. The minimum absolute atomic E-state index is 0.132. The highest BCUT2D eigenvalue weighted by atomic mass is 16.7.